The van der Waals surface area contributed by atoms with Crippen molar-refractivity contribution in [3.63, 3.8) is 0 Å². The second-order valence-corrected chi connectivity index (χ2v) is 5.56. The molecule has 0 aliphatic carbocycles. The highest BCUT2D eigenvalue weighted by atomic mass is 16.2. The number of benzene rings is 1. The Kier molecular flexibility index (Phi) is 5.59. The summed E-state index contributed by atoms with van der Waals surface area (Å²) < 4.78 is 0. The normalized spacial score (nSPS) is 15.5. The van der Waals surface area contributed by atoms with Gasteiger partial charge in [0.2, 0.25) is 5.91 Å². The second-order valence-electron chi connectivity index (χ2n) is 5.56. The van der Waals surface area contributed by atoms with Gasteiger partial charge < -0.3 is 10.6 Å². The first-order valence-electron chi connectivity index (χ1n) is 7.97. The van der Waals surface area contributed by atoms with Gasteiger partial charge in [0.1, 0.15) is 12.1 Å². The molecule has 1 saturated heterocycles. The number of nitrogens with zero attached hydrogens (tertiary/aromatic N) is 1. The molecule has 0 unspecified atom stereocenters. The summed E-state index contributed by atoms with van der Waals surface area (Å²) in [4.78, 5) is 37.2. The molecule has 1 heterocycles. The molecule has 1 aliphatic rings. The van der Waals surface area contributed by atoms with E-state index in [0.29, 0.717) is 12.8 Å². The largest absolute Gasteiger partial charge is 0.344 e. The summed E-state index contributed by atoms with van der Waals surface area (Å²) in [5, 5.41) is 5.29. The second kappa shape index (κ2) is 7.64. The lowest BCUT2D eigenvalue weighted by Crippen LogP contribution is -2.46. The zero-order valence-corrected chi connectivity index (χ0v) is 13.9. The van der Waals surface area contributed by atoms with E-state index in [1.54, 1.807) is 0 Å². The molecule has 0 saturated carbocycles. The Morgan fingerprint density at radius 2 is 1.88 bits per heavy atom. The molecule has 6 heteroatoms. The van der Waals surface area contributed by atoms with Crippen molar-refractivity contribution >= 4 is 17.8 Å². The van der Waals surface area contributed by atoms with Crippen molar-refractivity contribution < 1.29 is 14.4 Å². The molecule has 2 N–H and O–H groups in total. The van der Waals surface area contributed by atoms with Gasteiger partial charge in [0.05, 0.1) is 6.54 Å². The summed E-state index contributed by atoms with van der Waals surface area (Å²) in [6, 6.07) is 8.89. The summed E-state index contributed by atoms with van der Waals surface area (Å²) in [5.41, 5.74) is -0.0266. The Morgan fingerprint density at radius 1 is 1.21 bits per heavy atom. The van der Waals surface area contributed by atoms with Crippen molar-refractivity contribution in [2.45, 2.75) is 32.2 Å². The molecule has 0 aromatic heterocycles. The number of hydrogen-bond donors (Lipinski definition) is 2. The Labute approximate surface area is 141 Å². The van der Waals surface area contributed by atoms with Gasteiger partial charge in [-0.2, -0.15) is 0 Å². The summed E-state index contributed by atoms with van der Waals surface area (Å²) in [7, 11) is 0. The molecule has 2 rings (SSSR count). The van der Waals surface area contributed by atoms with E-state index in [1.165, 1.54) is 0 Å². The summed E-state index contributed by atoms with van der Waals surface area (Å²) in [6.07, 6.45) is 0.990. The number of urea groups is 1. The van der Waals surface area contributed by atoms with Gasteiger partial charge in [0, 0.05) is 5.56 Å². The molecular weight excluding hydrogens is 306 g/mol. The molecule has 0 atom stereocenters. The average molecular weight is 327 g/mol. The standard InChI is InChI=1S/C18H21N3O3/c1-3-18(4-2)16(23)21(17(24)20-18)13-15(22)19-12-8-11-14-9-6-5-7-10-14/h5-7,9-10H,3-4,12-13H2,1-2H3,(H,19,22)(H,20,24). The highest BCUT2D eigenvalue weighted by molar-refractivity contribution is 6.08. The van der Waals surface area contributed by atoms with E-state index in [0.717, 1.165) is 10.5 Å². The van der Waals surface area contributed by atoms with Crippen LogP contribution >= 0.6 is 0 Å². The molecule has 0 spiro atoms. The third-order valence-electron chi connectivity index (χ3n) is 4.14. The molecule has 0 bridgehead atoms. The van der Waals surface area contributed by atoms with E-state index in [-0.39, 0.29) is 19.0 Å². The molecule has 126 valence electrons. The third kappa shape index (κ3) is 3.74. The molecule has 24 heavy (non-hydrogen) atoms. The quantitative estimate of drug-likeness (QED) is 0.631. The fraction of sp³-hybridized carbons (Fsp3) is 0.389. The first kappa shape index (κ1) is 17.5. The Balaban J connectivity index is 1.88. The molecule has 1 aromatic carbocycles. The maximum absolute atomic E-state index is 12.4. The van der Waals surface area contributed by atoms with Crippen LogP contribution in [0.15, 0.2) is 30.3 Å². The van der Waals surface area contributed by atoms with Crippen LogP contribution in [0, 0.1) is 11.8 Å². The van der Waals surface area contributed by atoms with Gasteiger partial charge in [-0.1, -0.05) is 43.9 Å². The molecule has 0 radical (unpaired) electrons. The van der Waals surface area contributed by atoms with Crippen molar-refractivity contribution in [2.24, 2.45) is 0 Å². The highest BCUT2D eigenvalue weighted by Crippen LogP contribution is 2.24. The van der Waals surface area contributed by atoms with Gasteiger partial charge in [-0.25, -0.2) is 4.79 Å². The van der Waals surface area contributed by atoms with E-state index in [9.17, 15) is 14.4 Å². The molecule has 1 aliphatic heterocycles. The van der Waals surface area contributed by atoms with Crippen molar-refractivity contribution in [1.29, 1.82) is 0 Å². The zero-order chi connectivity index (χ0) is 17.6. The predicted molar refractivity (Wildman–Crippen MR) is 89.9 cm³/mol. The van der Waals surface area contributed by atoms with Gasteiger partial charge in [-0.15, -0.1) is 0 Å². The van der Waals surface area contributed by atoms with Gasteiger partial charge >= 0.3 is 6.03 Å². The van der Waals surface area contributed by atoms with Crippen molar-refractivity contribution in [1.82, 2.24) is 15.5 Å². The van der Waals surface area contributed by atoms with Crippen molar-refractivity contribution in [3.05, 3.63) is 35.9 Å². The summed E-state index contributed by atoms with van der Waals surface area (Å²) in [6.45, 7) is 3.54. The van der Waals surface area contributed by atoms with Crippen LogP contribution in [-0.4, -0.2) is 41.4 Å². The lowest BCUT2D eigenvalue weighted by atomic mass is 9.93. The van der Waals surface area contributed by atoms with Crippen LogP contribution in [0.2, 0.25) is 0 Å². The van der Waals surface area contributed by atoms with Crippen LogP contribution in [0.4, 0.5) is 4.79 Å². The number of imide groups is 1. The van der Waals surface area contributed by atoms with Gasteiger partial charge in [0.25, 0.3) is 5.91 Å². The monoisotopic (exact) mass is 327 g/mol. The number of nitrogens with one attached hydrogen (secondary N) is 2. The average Bonchev–Trinajstić information content (AvgIpc) is 2.84. The smallest absolute Gasteiger partial charge is 0.325 e. The molecule has 6 nitrogen and oxygen atoms in total. The van der Waals surface area contributed by atoms with E-state index < -0.39 is 17.5 Å². The first-order valence-corrected chi connectivity index (χ1v) is 7.97. The van der Waals surface area contributed by atoms with Crippen LogP contribution in [-0.2, 0) is 9.59 Å². The fourth-order valence-corrected chi connectivity index (χ4v) is 2.56. The topological polar surface area (TPSA) is 78.5 Å². The molecule has 1 fully saturated rings. The Morgan fingerprint density at radius 3 is 2.46 bits per heavy atom. The fourth-order valence-electron chi connectivity index (χ4n) is 2.56. The molecule has 1 aromatic rings. The number of carbonyl (C=O) groups excluding carboxylic acids is 3. The lowest BCUT2D eigenvalue weighted by molar-refractivity contribution is -0.135. The first-order chi connectivity index (χ1) is 11.5. The van der Waals surface area contributed by atoms with Crippen LogP contribution in [0.3, 0.4) is 0 Å². The van der Waals surface area contributed by atoms with E-state index in [1.807, 2.05) is 44.2 Å². The summed E-state index contributed by atoms with van der Waals surface area (Å²) >= 11 is 0. The van der Waals surface area contributed by atoms with E-state index >= 15 is 0 Å². The minimum Gasteiger partial charge on any atom is -0.344 e. The maximum Gasteiger partial charge on any atom is 0.325 e. The van der Waals surface area contributed by atoms with E-state index in [4.69, 9.17) is 0 Å². The SMILES string of the molecule is CCC1(CC)NC(=O)N(CC(=O)NCC#Cc2ccccc2)C1=O. The minimum atomic E-state index is -0.884. The molecular formula is C18H21N3O3. The lowest BCUT2D eigenvalue weighted by Gasteiger charge is -2.22. The summed E-state index contributed by atoms with van der Waals surface area (Å²) in [5.74, 6) is 4.99. The van der Waals surface area contributed by atoms with Crippen molar-refractivity contribution in [2.75, 3.05) is 13.1 Å². The maximum atomic E-state index is 12.4. The van der Waals surface area contributed by atoms with Gasteiger partial charge in [0.15, 0.2) is 0 Å². The third-order valence-corrected chi connectivity index (χ3v) is 4.14. The predicted octanol–water partition coefficient (Wildman–Crippen LogP) is 1.26. The number of rotatable bonds is 5. The Bertz CT molecular complexity index is 684. The zero-order valence-electron chi connectivity index (χ0n) is 13.9. The minimum absolute atomic E-state index is 0.157. The van der Waals surface area contributed by atoms with Gasteiger partial charge in [-0.05, 0) is 25.0 Å². The van der Waals surface area contributed by atoms with Crippen LogP contribution in [0.5, 0.6) is 0 Å². The highest BCUT2D eigenvalue weighted by Gasteiger charge is 2.49. The van der Waals surface area contributed by atoms with Crippen LogP contribution in [0.25, 0.3) is 0 Å². The van der Waals surface area contributed by atoms with Crippen LogP contribution < -0.4 is 10.6 Å². The molecule has 4 amide bonds. The Hall–Kier alpha value is -2.81. The van der Waals surface area contributed by atoms with Crippen molar-refractivity contribution in [3.8, 4) is 11.8 Å². The number of carbonyl (C=O) groups is 3. The van der Waals surface area contributed by atoms with E-state index in [2.05, 4.69) is 22.5 Å². The number of hydrogen-bond acceptors (Lipinski definition) is 3. The van der Waals surface area contributed by atoms with Gasteiger partial charge in [-0.3, -0.25) is 14.5 Å². The van der Waals surface area contributed by atoms with Crippen LogP contribution in [0.1, 0.15) is 32.3 Å². The number of amides is 4.